The highest BCUT2D eigenvalue weighted by Crippen LogP contribution is 2.22. The van der Waals surface area contributed by atoms with Gasteiger partial charge in [0.05, 0.1) is 12.0 Å². The Bertz CT molecular complexity index is 1120. The van der Waals surface area contributed by atoms with E-state index < -0.39 is 16.5 Å². The van der Waals surface area contributed by atoms with Crippen molar-refractivity contribution >= 4 is 34.3 Å². The zero-order valence-corrected chi connectivity index (χ0v) is 14.2. The number of nitro groups is 1. The van der Waals surface area contributed by atoms with Gasteiger partial charge in [0.15, 0.2) is 0 Å². The quantitative estimate of drug-likeness (QED) is 0.321. The van der Waals surface area contributed by atoms with Crippen LogP contribution in [0.4, 0.5) is 11.4 Å². The monoisotopic (exact) mass is 366 g/mol. The first kappa shape index (κ1) is 17.9. The molecule has 3 rings (SSSR count). The summed E-state index contributed by atoms with van der Waals surface area (Å²) >= 11 is 0. The fourth-order valence-electron chi connectivity index (χ4n) is 2.46. The van der Waals surface area contributed by atoms with Crippen molar-refractivity contribution in [3.63, 3.8) is 0 Å². The van der Waals surface area contributed by atoms with Gasteiger partial charge < -0.3 is 14.5 Å². The summed E-state index contributed by atoms with van der Waals surface area (Å²) in [6.45, 7) is 0. The van der Waals surface area contributed by atoms with E-state index in [1.165, 1.54) is 37.5 Å². The Balaban J connectivity index is 1.85. The number of non-ortho nitro benzene ring substituents is 1. The Kier molecular flexibility index (Phi) is 4.98. The molecule has 1 N–H and O–H groups in total. The molecule has 0 aliphatic carbocycles. The van der Waals surface area contributed by atoms with Crippen molar-refractivity contribution in [1.82, 2.24) is 0 Å². The number of nitrogens with zero attached hydrogens (tertiary/aromatic N) is 1. The van der Waals surface area contributed by atoms with Gasteiger partial charge in [0.1, 0.15) is 17.0 Å². The van der Waals surface area contributed by atoms with Crippen LogP contribution in [0.1, 0.15) is 5.56 Å². The van der Waals surface area contributed by atoms with Gasteiger partial charge in [0.25, 0.3) is 5.69 Å². The molecule has 0 bridgehead atoms. The highest BCUT2D eigenvalue weighted by atomic mass is 16.6. The van der Waals surface area contributed by atoms with Crippen LogP contribution in [0.2, 0.25) is 0 Å². The average molecular weight is 366 g/mol. The minimum atomic E-state index is -0.754. The Hall–Kier alpha value is -3.94. The molecule has 8 nitrogen and oxygen atoms in total. The molecule has 0 aliphatic heterocycles. The number of hydrogen-bond donors (Lipinski definition) is 1. The number of benzene rings is 2. The zero-order chi connectivity index (χ0) is 19.4. The highest BCUT2D eigenvalue weighted by molar-refractivity contribution is 6.02. The topological polar surface area (TPSA) is 112 Å². The highest BCUT2D eigenvalue weighted by Gasteiger charge is 2.11. The van der Waals surface area contributed by atoms with Crippen LogP contribution < -0.4 is 15.7 Å². The summed E-state index contributed by atoms with van der Waals surface area (Å²) in [5.74, 6) is 0.0389. The number of carbonyl (C=O) groups excluding carboxylic acids is 1. The van der Waals surface area contributed by atoms with E-state index in [1.54, 1.807) is 30.3 Å². The van der Waals surface area contributed by atoms with Gasteiger partial charge in [-0.1, -0.05) is 18.2 Å². The number of hydrogen-bond acceptors (Lipinski definition) is 6. The molecule has 0 aliphatic rings. The Morgan fingerprint density at radius 2 is 2.00 bits per heavy atom. The maximum atomic E-state index is 12.1. The Morgan fingerprint density at radius 3 is 2.74 bits per heavy atom. The van der Waals surface area contributed by atoms with Gasteiger partial charge in [-0.2, -0.15) is 0 Å². The molecule has 0 radical (unpaired) electrons. The molecule has 1 heterocycles. The molecule has 0 saturated heterocycles. The average Bonchev–Trinajstić information content (AvgIpc) is 2.66. The number of carbonyl (C=O) groups is 1. The van der Waals surface area contributed by atoms with E-state index in [-0.39, 0.29) is 17.0 Å². The molecule has 2 aromatic carbocycles. The number of nitro benzene ring substituents is 1. The van der Waals surface area contributed by atoms with E-state index in [0.717, 1.165) is 0 Å². The van der Waals surface area contributed by atoms with Gasteiger partial charge in [0, 0.05) is 29.2 Å². The molecular weight excluding hydrogens is 352 g/mol. The summed E-state index contributed by atoms with van der Waals surface area (Å²) in [4.78, 5) is 34.4. The molecule has 1 aromatic heterocycles. The lowest BCUT2D eigenvalue weighted by Gasteiger charge is -2.04. The van der Waals surface area contributed by atoms with E-state index in [1.807, 2.05) is 0 Å². The normalized spacial score (nSPS) is 10.9. The summed E-state index contributed by atoms with van der Waals surface area (Å²) < 4.78 is 10.3. The second-order valence-corrected chi connectivity index (χ2v) is 5.49. The van der Waals surface area contributed by atoms with Gasteiger partial charge in [-0.3, -0.25) is 14.9 Å². The summed E-state index contributed by atoms with van der Waals surface area (Å²) in [5.41, 5.74) is -0.137. The molecule has 0 atom stereocenters. The third-order valence-electron chi connectivity index (χ3n) is 3.74. The molecule has 8 heteroatoms. The van der Waals surface area contributed by atoms with E-state index in [4.69, 9.17) is 9.15 Å². The van der Waals surface area contributed by atoms with Crippen LogP contribution in [0.3, 0.4) is 0 Å². The SMILES string of the molecule is COc1ccccc1C=CC(=O)Nc1cc2cc([N+](=O)[O-])ccc2oc1=O. The number of para-hydroxylation sites is 1. The minimum Gasteiger partial charge on any atom is -0.496 e. The number of ether oxygens (including phenoxy) is 1. The lowest BCUT2D eigenvalue weighted by molar-refractivity contribution is -0.384. The summed E-state index contributed by atoms with van der Waals surface area (Å²) in [6, 6.07) is 12.3. The Morgan fingerprint density at radius 1 is 1.22 bits per heavy atom. The number of rotatable bonds is 5. The zero-order valence-electron chi connectivity index (χ0n) is 14.2. The largest absolute Gasteiger partial charge is 0.496 e. The van der Waals surface area contributed by atoms with Crippen LogP contribution in [0.5, 0.6) is 5.75 Å². The molecule has 1 amide bonds. The van der Waals surface area contributed by atoms with Crippen molar-refractivity contribution < 1.29 is 18.9 Å². The van der Waals surface area contributed by atoms with Crippen molar-refractivity contribution in [2.24, 2.45) is 0 Å². The second-order valence-electron chi connectivity index (χ2n) is 5.49. The fraction of sp³-hybridized carbons (Fsp3) is 0.0526. The summed E-state index contributed by atoms with van der Waals surface area (Å²) in [6.07, 6.45) is 2.79. The maximum Gasteiger partial charge on any atom is 0.360 e. The molecule has 0 spiro atoms. The summed E-state index contributed by atoms with van der Waals surface area (Å²) in [7, 11) is 1.52. The molecule has 0 fully saturated rings. The number of methoxy groups -OCH3 is 1. The third kappa shape index (κ3) is 4.01. The van der Waals surface area contributed by atoms with Crippen molar-refractivity contribution in [2.75, 3.05) is 12.4 Å². The fourth-order valence-corrected chi connectivity index (χ4v) is 2.46. The molecule has 3 aromatic rings. The number of anilines is 1. The van der Waals surface area contributed by atoms with Crippen LogP contribution in [0.15, 0.2) is 63.8 Å². The first-order chi connectivity index (χ1) is 13.0. The van der Waals surface area contributed by atoms with Crippen molar-refractivity contribution in [2.45, 2.75) is 0 Å². The lowest BCUT2D eigenvalue weighted by atomic mass is 10.2. The van der Waals surface area contributed by atoms with Crippen molar-refractivity contribution in [3.8, 4) is 5.75 Å². The van der Waals surface area contributed by atoms with Crippen molar-refractivity contribution in [3.05, 3.63) is 80.7 Å². The number of nitrogens with one attached hydrogen (secondary N) is 1. The van der Waals surface area contributed by atoms with Gasteiger partial charge in [0.2, 0.25) is 5.91 Å². The van der Waals surface area contributed by atoms with Gasteiger partial charge in [-0.15, -0.1) is 0 Å². The molecule has 136 valence electrons. The van der Waals surface area contributed by atoms with Crippen LogP contribution in [-0.4, -0.2) is 17.9 Å². The predicted octanol–water partition coefficient (Wildman–Crippen LogP) is 3.36. The van der Waals surface area contributed by atoms with Crippen LogP contribution in [0.25, 0.3) is 17.0 Å². The van der Waals surface area contributed by atoms with Gasteiger partial charge in [-0.05, 0) is 24.3 Å². The third-order valence-corrected chi connectivity index (χ3v) is 3.74. The van der Waals surface area contributed by atoms with Crippen molar-refractivity contribution in [1.29, 1.82) is 0 Å². The smallest absolute Gasteiger partial charge is 0.360 e. The molecule has 27 heavy (non-hydrogen) atoms. The molecular formula is C19H14N2O6. The van der Waals surface area contributed by atoms with Gasteiger partial charge in [-0.25, -0.2) is 4.79 Å². The standard InChI is InChI=1S/C19H14N2O6/c1-26-16-5-3-2-4-12(16)6-9-18(22)20-15-11-13-10-14(21(24)25)7-8-17(13)27-19(15)23/h2-11H,1H3,(H,20,22). The van der Waals surface area contributed by atoms with Crippen LogP contribution in [0, 0.1) is 10.1 Å². The van der Waals surface area contributed by atoms with Crippen LogP contribution in [-0.2, 0) is 4.79 Å². The molecule has 0 unspecified atom stereocenters. The first-order valence-corrected chi connectivity index (χ1v) is 7.82. The van der Waals surface area contributed by atoms with E-state index >= 15 is 0 Å². The van der Waals surface area contributed by atoms with Gasteiger partial charge >= 0.3 is 5.63 Å². The van der Waals surface area contributed by atoms with E-state index in [0.29, 0.717) is 16.7 Å². The number of fused-ring (bicyclic) bond motifs is 1. The Labute approximate surface area is 152 Å². The lowest BCUT2D eigenvalue weighted by Crippen LogP contribution is -2.15. The maximum absolute atomic E-state index is 12.1. The van der Waals surface area contributed by atoms with E-state index in [9.17, 15) is 19.7 Å². The number of amides is 1. The van der Waals surface area contributed by atoms with E-state index in [2.05, 4.69) is 5.32 Å². The first-order valence-electron chi connectivity index (χ1n) is 7.82. The molecule has 0 saturated carbocycles. The second kappa shape index (κ2) is 7.52. The predicted molar refractivity (Wildman–Crippen MR) is 99.8 cm³/mol. The van der Waals surface area contributed by atoms with Crippen LogP contribution >= 0.6 is 0 Å². The minimum absolute atomic E-state index is 0.113. The summed E-state index contributed by atoms with van der Waals surface area (Å²) in [5, 5.41) is 13.6.